The Morgan fingerprint density at radius 2 is 1.95 bits per heavy atom. The Hall–Kier alpha value is -2.27. The lowest BCUT2D eigenvalue weighted by molar-refractivity contribution is 0.0887. The number of benzene rings is 1. The zero-order valence-corrected chi connectivity index (χ0v) is 11.9. The average molecular weight is 289 g/mol. The minimum Gasteiger partial charge on any atom is -0.508 e. The number of carbonyl (C=O) groups is 1. The normalized spacial score (nSPS) is 12.1. The zero-order chi connectivity index (χ0) is 15.2. The highest BCUT2D eigenvalue weighted by molar-refractivity contribution is 5.91. The van der Waals surface area contributed by atoms with Crippen LogP contribution >= 0.6 is 0 Å². The first kappa shape index (κ1) is 15.1. The predicted octanol–water partition coefficient (Wildman–Crippen LogP) is 1.88. The van der Waals surface area contributed by atoms with Gasteiger partial charge in [-0.3, -0.25) is 4.79 Å². The highest BCUT2D eigenvalue weighted by atomic mass is 16.3. The van der Waals surface area contributed by atoms with Gasteiger partial charge >= 0.3 is 0 Å². The number of furan rings is 1. The Bertz CT molecular complexity index is 589. The lowest BCUT2D eigenvalue weighted by Gasteiger charge is -2.15. The number of aromatic hydroxyl groups is 1. The van der Waals surface area contributed by atoms with Crippen molar-refractivity contribution in [2.45, 2.75) is 25.8 Å². The largest absolute Gasteiger partial charge is 0.508 e. The number of amides is 1. The second kappa shape index (κ2) is 6.95. The van der Waals surface area contributed by atoms with Crippen LogP contribution < -0.4 is 5.32 Å². The number of phenols is 1. The van der Waals surface area contributed by atoms with E-state index in [4.69, 9.17) is 4.42 Å². The number of carbonyl (C=O) groups excluding carboxylic acids is 1. The number of aliphatic hydroxyl groups is 1. The Kier molecular flexibility index (Phi) is 5.00. The summed E-state index contributed by atoms with van der Waals surface area (Å²) in [5.74, 6) is 0.841. The molecular formula is C16H19NO4. The lowest BCUT2D eigenvalue weighted by atomic mass is 10.1. The zero-order valence-electron chi connectivity index (χ0n) is 11.9. The van der Waals surface area contributed by atoms with E-state index in [9.17, 15) is 15.0 Å². The van der Waals surface area contributed by atoms with Crippen LogP contribution in [0, 0.1) is 0 Å². The van der Waals surface area contributed by atoms with Crippen molar-refractivity contribution in [3.63, 3.8) is 0 Å². The van der Waals surface area contributed by atoms with E-state index in [2.05, 4.69) is 5.32 Å². The number of hydrogen-bond acceptors (Lipinski definition) is 4. The molecule has 0 unspecified atom stereocenters. The molecular weight excluding hydrogens is 270 g/mol. The minimum atomic E-state index is -0.405. The van der Waals surface area contributed by atoms with Gasteiger partial charge in [0, 0.05) is 6.42 Å². The van der Waals surface area contributed by atoms with E-state index in [1.165, 1.54) is 0 Å². The fourth-order valence-corrected chi connectivity index (χ4v) is 2.02. The number of hydrogen-bond donors (Lipinski definition) is 3. The molecule has 112 valence electrons. The number of phenolic OH excluding ortho intramolecular Hbond substituents is 1. The first-order valence-electron chi connectivity index (χ1n) is 6.90. The molecule has 0 fully saturated rings. The molecule has 0 spiro atoms. The van der Waals surface area contributed by atoms with E-state index in [-0.39, 0.29) is 24.0 Å². The van der Waals surface area contributed by atoms with E-state index in [0.29, 0.717) is 6.42 Å². The van der Waals surface area contributed by atoms with Crippen molar-refractivity contribution in [3.05, 3.63) is 53.5 Å². The smallest absolute Gasteiger partial charge is 0.287 e. The number of aliphatic hydroxyl groups excluding tert-OH is 1. The molecule has 0 aliphatic heterocycles. The molecule has 1 amide bonds. The van der Waals surface area contributed by atoms with Gasteiger partial charge in [-0.25, -0.2) is 0 Å². The Balaban J connectivity index is 1.98. The molecule has 1 aromatic heterocycles. The van der Waals surface area contributed by atoms with Gasteiger partial charge in [0.15, 0.2) is 5.76 Å². The average Bonchev–Trinajstić information content (AvgIpc) is 2.97. The second-order valence-corrected chi connectivity index (χ2v) is 4.84. The van der Waals surface area contributed by atoms with Crippen LogP contribution in [0.1, 0.15) is 28.8 Å². The molecule has 0 saturated heterocycles. The van der Waals surface area contributed by atoms with Crippen LogP contribution in [-0.2, 0) is 12.8 Å². The number of aryl methyl sites for hydroxylation is 1. The highest BCUT2D eigenvalue weighted by Gasteiger charge is 2.16. The maximum absolute atomic E-state index is 12.0. The van der Waals surface area contributed by atoms with E-state index >= 15 is 0 Å². The first-order valence-corrected chi connectivity index (χ1v) is 6.90. The summed E-state index contributed by atoms with van der Waals surface area (Å²) in [5, 5.41) is 21.4. The van der Waals surface area contributed by atoms with Crippen LogP contribution in [0.2, 0.25) is 0 Å². The molecule has 21 heavy (non-hydrogen) atoms. The van der Waals surface area contributed by atoms with Gasteiger partial charge in [0.05, 0.1) is 12.6 Å². The molecule has 3 N–H and O–H groups in total. The van der Waals surface area contributed by atoms with Crippen LogP contribution in [0.25, 0.3) is 0 Å². The third-order valence-corrected chi connectivity index (χ3v) is 3.21. The van der Waals surface area contributed by atoms with Crippen LogP contribution in [0.5, 0.6) is 5.75 Å². The van der Waals surface area contributed by atoms with E-state index in [1.54, 1.807) is 36.4 Å². The maximum Gasteiger partial charge on any atom is 0.287 e. The summed E-state index contributed by atoms with van der Waals surface area (Å²) in [6.07, 6.45) is 1.20. The summed E-state index contributed by atoms with van der Waals surface area (Å²) in [6.45, 7) is 1.77. The summed E-state index contributed by atoms with van der Waals surface area (Å²) < 4.78 is 5.38. The van der Waals surface area contributed by atoms with Crippen molar-refractivity contribution >= 4 is 5.91 Å². The molecule has 5 heteroatoms. The van der Waals surface area contributed by atoms with Gasteiger partial charge in [-0.15, -0.1) is 0 Å². The van der Waals surface area contributed by atoms with Gasteiger partial charge in [0.2, 0.25) is 0 Å². The third-order valence-electron chi connectivity index (χ3n) is 3.21. The molecule has 2 aromatic rings. The molecule has 1 heterocycles. The summed E-state index contributed by atoms with van der Waals surface area (Å²) in [5.41, 5.74) is 0.917. The first-order chi connectivity index (χ1) is 10.1. The summed E-state index contributed by atoms with van der Waals surface area (Å²) >= 11 is 0. The van der Waals surface area contributed by atoms with Gasteiger partial charge < -0.3 is 19.9 Å². The Morgan fingerprint density at radius 3 is 2.52 bits per heavy atom. The van der Waals surface area contributed by atoms with Gasteiger partial charge in [0.1, 0.15) is 11.5 Å². The number of nitrogens with one attached hydrogen (secondary N) is 1. The van der Waals surface area contributed by atoms with E-state index in [1.807, 2.05) is 6.92 Å². The standard InChI is InChI=1S/C16H19NO4/c1-2-14-7-8-15(21-14)16(20)17-12(10-18)9-11-3-5-13(19)6-4-11/h3-8,12,18-19H,2,9-10H2,1H3,(H,17,20)/t12-/m0/s1. The summed E-state index contributed by atoms with van der Waals surface area (Å²) in [4.78, 5) is 12.0. The molecule has 0 bridgehead atoms. The van der Waals surface area contributed by atoms with Crippen LogP contribution in [-0.4, -0.2) is 28.8 Å². The molecule has 5 nitrogen and oxygen atoms in total. The van der Waals surface area contributed by atoms with Crippen molar-refractivity contribution in [1.82, 2.24) is 5.32 Å². The van der Waals surface area contributed by atoms with Gasteiger partial charge in [0.25, 0.3) is 5.91 Å². The van der Waals surface area contributed by atoms with Crippen molar-refractivity contribution < 1.29 is 19.4 Å². The quantitative estimate of drug-likeness (QED) is 0.758. The fourth-order valence-electron chi connectivity index (χ4n) is 2.02. The molecule has 1 atom stereocenters. The highest BCUT2D eigenvalue weighted by Crippen LogP contribution is 2.12. The maximum atomic E-state index is 12.0. The van der Waals surface area contributed by atoms with E-state index < -0.39 is 6.04 Å². The molecule has 0 aliphatic carbocycles. The molecule has 0 aliphatic rings. The predicted molar refractivity (Wildman–Crippen MR) is 78.2 cm³/mol. The number of rotatable bonds is 6. The molecule has 0 radical (unpaired) electrons. The summed E-state index contributed by atoms with van der Waals surface area (Å²) in [6, 6.07) is 9.65. The summed E-state index contributed by atoms with van der Waals surface area (Å²) in [7, 11) is 0. The van der Waals surface area contributed by atoms with Crippen molar-refractivity contribution in [2.24, 2.45) is 0 Å². The monoisotopic (exact) mass is 289 g/mol. The molecule has 1 aromatic carbocycles. The topological polar surface area (TPSA) is 82.7 Å². The van der Waals surface area contributed by atoms with Gasteiger partial charge in [-0.2, -0.15) is 0 Å². The minimum absolute atomic E-state index is 0.173. The van der Waals surface area contributed by atoms with Crippen molar-refractivity contribution in [3.8, 4) is 5.75 Å². The third kappa shape index (κ3) is 4.10. The van der Waals surface area contributed by atoms with Crippen LogP contribution in [0.15, 0.2) is 40.8 Å². The lowest BCUT2D eigenvalue weighted by Crippen LogP contribution is -2.38. The Morgan fingerprint density at radius 1 is 1.24 bits per heavy atom. The van der Waals surface area contributed by atoms with Crippen molar-refractivity contribution in [1.29, 1.82) is 0 Å². The van der Waals surface area contributed by atoms with Crippen LogP contribution in [0.4, 0.5) is 0 Å². The van der Waals surface area contributed by atoms with Gasteiger partial charge in [-0.1, -0.05) is 19.1 Å². The Labute approximate surface area is 123 Å². The van der Waals surface area contributed by atoms with Crippen LogP contribution in [0.3, 0.4) is 0 Å². The van der Waals surface area contributed by atoms with E-state index in [0.717, 1.165) is 17.7 Å². The molecule has 0 saturated carbocycles. The fraction of sp³-hybridized carbons (Fsp3) is 0.312. The molecule has 2 rings (SSSR count). The second-order valence-electron chi connectivity index (χ2n) is 4.84. The van der Waals surface area contributed by atoms with Gasteiger partial charge in [-0.05, 0) is 36.2 Å². The SMILES string of the molecule is CCc1ccc(C(=O)N[C@H](CO)Cc2ccc(O)cc2)o1. The van der Waals surface area contributed by atoms with Crippen molar-refractivity contribution in [2.75, 3.05) is 6.61 Å².